The summed E-state index contributed by atoms with van der Waals surface area (Å²) >= 11 is -0.161. The molecular formula is C15H13F4NS. The first kappa shape index (κ1) is 15.7. The topological polar surface area (TPSA) is 12.0 Å². The first-order valence-electron chi connectivity index (χ1n) is 6.22. The number of benzene rings is 2. The number of hydrogen-bond donors (Lipinski definition) is 1. The van der Waals surface area contributed by atoms with Gasteiger partial charge in [-0.2, -0.15) is 13.2 Å². The molecule has 2 aromatic rings. The van der Waals surface area contributed by atoms with Crippen LogP contribution in [-0.2, 0) is 0 Å². The number of nitrogens with one attached hydrogen (secondary N) is 1. The van der Waals surface area contributed by atoms with Crippen LogP contribution in [0.2, 0.25) is 0 Å². The van der Waals surface area contributed by atoms with Gasteiger partial charge in [0.25, 0.3) is 0 Å². The highest BCUT2D eigenvalue weighted by atomic mass is 32.2. The fourth-order valence-electron chi connectivity index (χ4n) is 1.91. The number of hydrogen-bond acceptors (Lipinski definition) is 2. The highest BCUT2D eigenvalue weighted by Gasteiger charge is 2.29. The van der Waals surface area contributed by atoms with Crippen LogP contribution in [0.25, 0.3) is 0 Å². The Morgan fingerprint density at radius 2 is 1.62 bits per heavy atom. The van der Waals surface area contributed by atoms with Gasteiger partial charge in [0.15, 0.2) is 0 Å². The summed E-state index contributed by atoms with van der Waals surface area (Å²) in [4.78, 5) is 0.117. The minimum atomic E-state index is -4.30. The minimum Gasteiger partial charge on any atom is -0.378 e. The van der Waals surface area contributed by atoms with Gasteiger partial charge in [-0.1, -0.05) is 18.2 Å². The average molecular weight is 315 g/mol. The van der Waals surface area contributed by atoms with E-state index in [1.807, 2.05) is 0 Å². The first-order valence-corrected chi connectivity index (χ1v) is 7.03. The quantitative estimate of drug-likeness (QED) is 0.581. The Morgan fingerprint density at radius 3 is 2.19 bits per heavy atom. The molecular weight excluding hydrogens is 302 g/mol. The zero-order valence-electron chi connectivity index (χ0n) is 11.1. The molecule has 0 saturated heterocycles. The number of rotatable bonds is 4. The van der Waals surface area contributed by atoms with Crippen LogP contribution in [-0.4, -0.2) is 5.51 Å². The molecule has 0 fully saturated rings. The summed E-state index contributed by atoms with van der Waals surface area (Å²) in [7, 11) is 0. The average Bonchev–Trinajstić information content (AvgIpc) is 2.40. The van der Waals surface area contributed by atoms with Crippen molar-refractivity contribution in [3.05, 3.63) is 59.9 Å². The maximum Gasteiger partial charge on any atom is 0.446 e. The van der Waals surface area contributed by atoms with Gasteiger partial charge in [-0.15, -0.1) is 0 Å². The fraction of sp³-hybridized carbons (Fsp3) is 0.200. The van der Waals surface area contributed by atoms with Gasteiger partial charge in [-0.25, -0.2) is 4.39 Å². The van der Waals surface area contributed by atoms with Crippen LogP contribution in [0, 0.1) is 5.82 Å². The summed E-state index contributed by atoms with van der Waals surface area (Å²) in [5.74, 6) is -0.318. The Balaban J connectivity index is 2.05. The van der Waals surface area contributed by atoms with E-state index in [1.165, 1.54) is 18.2 Å². The second kappa shape index (κ2) is 6.39. The van der Waals surface area contributed by atoms with E-state index in [4.69, 9.17) is 0 Å². The molecule has 1 N–H and O–H groups in total. The molecule has 1 unspecified atom stereocenters. The Morgan fingerprint density at radius 1 is 1.00 bits per heavy atom. The molecule has 0 radical (unpaired) electrons. The van der Waals surface area contributed by atoms with Crippen molar-refractivity contribution >= 4 is 17.4 Å². The molecule has 0 bridgehead atoms. The van der Waals surface area contributed by atoms with Crippen LogP contribution in [0.1, 0.15) is 18.5 Å². The number of alkyl halides is 3. The molecule has 0 aliphatic heterocycles. The van der Waals surface area contributed by atoms with Crippen molar-refractivity contribution in [1.29, 1.82) is 0 Å². The van der Waals surface area contributed by atoms with Gasteiger partial charge < -0.3 is 5.32 Å². The van der Waals surface area contributed by atoms with Crippen molar-refractivity contribution < 1.29 is 17.6 Å². The van der Waals surface area contributed by atoms with Crippen molar-refractivity contribution in [2.24, 2.45) is 0 Å². The van der Waals surface area contributed by atoms with E-state index >= 15 is 0 Å². The molecule has 1 atom stereocenters. The van der Waals surface area contributed by atoms with Gasteiger partial charge >= 0.3 is 5.51 Å². The van der Waals surface area contributed by atoms with Gasteiger partial charge in [0.05, 0.1) is 6.04 Å². The van der Waals surface area contributed by atoms with E-state index in [2.05, 4.69) is 5.32 Å². The third-order valence-electron chi connectivity index (χ3n) is 2.84. The van der Waals surface area contributed by atoms with Crippen molar-refractivity contribution in [2.75, 3.05) is 5.32 Å². The molecule has 0 spiro atoms. The smallest absolute Gasteiger partial charge is 0.378 e. The summed E-state index contributed by atoms with van der Waals surface area (Å²) in [5.41, 5.74) is -3.15. The van der Waals surface area contributed by atoms with E-state index in [0.717, 1.165) is 0 Å². The molecule has 0 saturated carbocycles. The highest BCUT2D eigenvalue weighted by Crippen LogP contribution is 2.37. The van der Waals surface area contributed by atoms with Crippen LogP contribution >= 0.6 is 11.8 Å². The largest absolute Gasteiger partial charge is 0.446 e. The lowest BCUT2D eigenvalue weighted by Gasteiger charge is -2.16. The van der Waals surface area contributed by atoms with E-state index in [0.29, 0.717) is 11.3 Å². The molecule has 0 aromatic heterocycles. The Hall–Kier alpha value is -1.69. The maximum absolute atomic E-state index is 13.6. The molecule has 6 heteroatoms. The SMILES string of the molecule is CC(Nc1ccc(SC(F)(F)F)cc1)c1ccccc1F. The molecule has 0 aliphatic rings. The molecule has 2 rings (SSSR count). The number of thioether (sulfide) groups is 1. The zero-order valence-corrected chi connectivity index (χ0v) is 11.9. The van der Waals surface area contributed by atoms with Gasteiger partial charge in [0.1, 0.15) is 5.82 Å². The van der Waals surface area contributed by atoms with E-state index < -0.39 is 5.51 Å². The molecule has 21 heavy (non-hydrogen) atoms. The molecule has 0 amide bonds. The summed E-state index contributed by atoms with van der Waals surface area (Å²) in [5, 5.41) is 3.06. The van der Waals surface area contributed by atoms with Crippen LogP contribution in [0.3, 0.4) is 0 Å². The fourth-order valence-corrected chi connectivity index (χ4v) is 2.45. The lowest BCUT2D eigenvalue weighted by atomic mass is 10.1. The second-order valence-corrected chi connectivity index (χ2v) is 5.60. The Kier molecular flexibility index (Phi) is 4.77. The second-order valence-electron chi connectivity index (χ2n) is 4.46. The molecule has 0 aliphatic carbocycles. The third kappa shape index (κ3) is 4.67. The van der Waals surface area contributed by atoms with Crippen LogP contribution < -0.4 is 5.32 Å². The van der Waals surface area contributed by atoms with Crippen molar-refractivity contribution in [3.63, 3.8) is 0 Å². The predicted octanol–water partition coefficient (Wildman–Crippen LogP) is 5.61. The van der Waals surface area contributed by atoms with Gasteiger partial charge in [-0.3, -0.25) is 0 Å². The standard InChI is InChI=1S/C15H13F4NS/c1-10(13-4-2-3-5-14(13)16)20-11-6-8-12(9-7-11)21-15(17,18)19/h2-10,20H,1H3. The van der Waals surface area contributed by atoms with Gasteiger partial charge in [0.2, 0.25) is 0 Å². The van der Waals surface area contributed by atoms with E-state index in [-0.39, 0.29) is 28.5 Å². The molecule has 112 valence electrons. The lowest BCUT2D eigenvalue weighted by molar-refractivity contribution is -0.0328. The maximum atomic E-state index is 13.6. The third-order valence-corrected chi connectivity index (χ3v) is 3.58. The Bertz CT molecular complexity index is 595. The van der Waals surface area contributed by atoms with Crippen molar-refractivity contribution in [2.45, 2.75) is 23.4 Å². The molecule has 1 nitrogen and oxygen atoms in total. The van der Waals surface area contributed by atoms with Gasteiger partial charge in [-0.05, 0) is 49.0 Å². The van der Waals surface area contributed by atoms with E-state index in [9.17, 15) is 17.6 Å². The number of halogens is 4. The normalized spacial score (nSPS) is 13.0. The highest BCUT2D eigenvalue weighted by molar-refractivity contribution is 8.00. The monoisotopic (exact) mass is 315 g/mol. The Labute approximate surface area is 124 Å². The van der Waals surface area contributed by atoms with Crippen LogP contribution in [0.4, 0.5) is 23.2 Å². The summed E-state index contributed by atoms with van der Waals surface area (Å²) in [6.45, 7) is 1.79. The summed E-state index contributed by atoms with van der Waals surface area (Å²) < 4.78 is 50.3. The lowest BCUT2D eigenvalue weighted by Crippen LogP contribution is -2.08. The van der Waals surface area contributed by atoms with Crippen molar-refractivity contribution in [1.82, 2.24) is 0 Å². The first-order chi connectivity index (χ1) is 9.85. The summed E-state index contributed by atoms with van der Waals surface area (Å²) in [6.07, 6.45) is 0. The van der Waals surface area contributed by atoms with E-state index in [1.54, 1.807) is 37.3 Å². The zero-order chi connectivity index (χ0) is 15.5. The molecule has 0 heterocycles. The predicted molar refractivity (Wildman–Crippen MR) is 76.8 cm³/mol. The summed E-state index contributed by atoms with van der Waals surface area (Å²) in [6, 6.07) is 12.0. The minimum absolute atomic E-state index is 0.117. The number of anilines is 1. The van der Waals surface area contributed by atoms with Crippen LogP contribution in [0.15, 0.2) is 53.4 Å². The van der Waals surface area contributed by atoms with Crippen molar-refractivity contribution in [3.8, 4) is 0 Å². The van der Waals surface area contributed by atoms with Gasteiger partial charge in [0, 0.05) is 16.1 Å². The van der Waals surface area contributed by atoms with Crippen LogP contribution in [0.5, 0.6) is 0 Å². The molecule has 2 aromatic carbocycles.